The third kappa shape index (κ3) is 3.28. The van der Waals surface area contributed by atoms with Crippen molar-refractivity contribution in [2.24, 2.45) is 0 Å². The standard InChI is InChI=1S/C18H23NO2/c1-13-7-4-8-14(2)19(13)18(21)17-11-5-9-16(15(17)3)10-6-12-20/h5,9,11,13-14,20H,4,7-8,12H2,1-3H3/t13-,14+. The Kier molecular flexibility index (Phi) is 5.03. The molecule has 3 heteroatoms. The Bertz CT molecular complexity index is 573. The zero-order valence-corrected chi connectivity index (χ0v) is 13.0. The van der Waals surface area contributed by atoms with Crippen molar-refractivity contribution in [1.82, 2.24) is 4.90 Å². The van der Waals surface area contributed by atoms with Gasteiger partial charge in [0.25, 0.3) is 5.91 Å². The molecule has 112 valence electrons. The molecule has 21 heavy (non-hydrogen) atoms. The molecule has 2 rings (SSSR count). The molecule has 1 aromatic rings. The monoisotopic (exact) mass is 285 g/mol. The molecule has 0 unspecified atom stereocenters. The van der Waals surface area contributed by atoms with Gasteiger partial charge in [-0.25, -0.2) is 0 Å². The number of nitrogens with zero attached hydrogens (tertiary/aromatic N) is 1. The molecule has 2 atom stereocenters. The summed E-state index contributed by atoms with van der Waals surface area (Å²) in [6.07, 6.45) is 3.32. The number of amides is 1. The van der Waals surface area contributed by atoms with E-state index in [-0.39, 0.29) is 24.6 Å². The summed E-state index contributed by atoms with van der Waals surface area (Å²) in [7, 11) is 0. The molecule has 0 radical (unpaired) electrons. The first kappa shape index (κ1) is 15.6. The Labute approximate surface area is 127 Å². The predicted octanol–water partition coefficient (Wildman–Crippen LogP) is 2.74. The van der Waals surface area contributed by atoms with Crippen LogP contribution < -0.4 is 0 Å². The third-order valence-corrected chi connectivity index (χ3v) is 4.29. The van der Waals surface area contributed by atoms with Gasteiger partial charge in [-0.15, -0.1) is 0 Å². The largest absolute Gasteiger partial charge is 0.384 e. The number of piperidine rings is 1. The zero-order chi connectivity index (χ0) is 15.4. The molecule has 1 saturated heterocycles. The molecular weight excluding hydrogens is 262 g/mol. The van der Waals surface area contributed by atoms with E-state index in [4.69, 9.17) is 5.11 Å². The number of hydrogen-bond donors (Lipinski definition) is 1. The summed E-state index contributed by atoms with van der Waals surface area (Å²) in [5, 5.41) is 8.82. The van der Waals surface area contributed by atoms with Crippen LogP contribution in [0.2, 0.25) is 0 Å². The van der Waals surface area contributed by atoms with E-state index in [1.807, 2.05) is 30.0 Å². The summed E-state index contributed by atoms with van der Waals surface area (Å²) in [6.45, 7) is 6.00. The maximum absolute atomic E-state index is 12.9. The molecule has 1 aliphatic heterocycles. The normalized spacial score (nSPS) is 21.6. The van der Waals surface area contributed by atoms with E-state index >= 15 is 0 Å². The predicted molar refractivity (Wildman–Crippen MR) is 84.1 cm³/mol. The summed E-state index contributed by atoms with van der Waals surface area (Å²) >= 11 is 0. The molecule has 3 nitrogen and oxygen atoms in total. The van der Waals surface area contributed by atoms with Crippen LogP contribution in [-0.4, -0.2) is 34.6 Å². The number of likely N-dealkylation sites (tertiary alicyclic amines) is 1. The van der Waals surface area contributed by atoms with Crippen molar-refractivity contribution in [3.63, 3.8) is 0 Å². The first-order chi connectivity index (χ1) is 10.1. The molecule has 1 heterocycles. The second-order valence-corrected chi connectivity index (χ2v) is 5.78. The highest BCUT2D eigenvalue weighted by atomic mass is 16.2. The summed E-state index contributed by atoms with van der Waals surface area (Å²) in [5.74, 6) is 5.66. The second kappa shape index (κ2) is 6.78. The first-order valence-electron chi connectivity index (χ1n) is 7.58. The highest BCUT2D eigenvalue weighted by Crippen LogP contribution is 2.26. The molecule has 1 amide bonds. The molecule has 1 aliphatic rings. The van der Waals surface area contributed by atoms with Crippen LogP contribution in [0.15, 0.2) is 18.2 Å². The molecule has 0 bridgehead atoms. The van der Waals surface area contributed by atoms with Gasteiger partial charge in [-0.3, -0.25) is 4.79 Å². The maximum Gasteiger partial charge on any atom is 0.254 e. The van der Waals surface area contributed by atoms with Crippen LogP contribution in [0.25, 0.3) is 0 Å². The molecule has 0 spiro atoms. The topological polar surface area (TPSA) is 40.5 Å². The number of carbonyl (C=O) groups is 1. The fourth-order valence-corrected chi connectivity index (χ4v) is 3.10. The number of aliphatic hydroxyl groups excluding tert-OH is 1. The Morgan fingerprint density at radius 1 is 1.33 bits per heavy atom. The maximum atomic E-state index is 12.9. The van der Waals surface area contributed by atoms with Crippen molar-refractivity contribution in [1.29, 1.82) is 0 Å². The van der Waals surface area contributed by atoms with Gasteiger partial charge >= 0.3 is 0 Å². The average molecular weight is 285 g/mol. The lowest BCUT2D eigenvalue weighted by Gasteiger charge is -2.39. The van der Waals surface area contributed by atoms with E-state index in [1.54, 1.807) is 0 Å². The Morgan fingerprint density at radius 2 is 2.00 bits per heavy atom. The zero-order valence-electron chi connectivity index (χ0n) is 13.0. The van der Waals surface area contributed by atoms with Gasteiger partial charge in [-0.1, -0.05) is 17.9 Å². The number of carbonyl (C=O) groups excluding carboxylic acids is 1. The third-order valence-electron chi connectivity index (χ3n) is 4.29. The fraction of sp³-hybridized carbons (Fsp3) is 0.500. The van der Waals surface area contributed by atoms with Crippen LogP contribution in [0.3, 0.4) is 0 Å². The van der Waals surface area contributed by atoms with Gasteiger partial charge in [-0.05, 0) is 57.7 Å². The molecular formula is C18H23NO2. The lowest BCUT2D eigenvalue weighted by molar-refractivity contribution is 0.0510. The minimum atomic E-state index is -0.169. The van der Waals surface area contributed by atoms with Crippen molar-refractivity contribution in [2.45, 2.75) is 52.1 Å². The van der Waals surface area contributed by atoms with E-state index in [1.165, 1.54) is 6.42 Å². The molecule has 1 N–H and O–H groups in total. The van der Waals surface area contributed by atoms with E-state index in [0.717, 1.165) is 29.5 Å². The SMILES string of the molecule is Cc1c(C#CCO)cccc1C(=O)N1[C@H](C)CCC[C@@H]1C. The van der Waals surface area contributed by atoms with Gasteiger partial charge in [0.2, 0.25) is 0 Å². The average Bonchev–Trinajstić information content (AvgIpc) is 2.46. The van der Waals surface area contributed by atoms with Crippen molar-refractivity contribution < 1.29 is 9.90 Å². The highest BCUT2D eigenvalue weighted by molar-refractivity contribution is 5.96. The Morgan fingerprint density at radius 3 is 2.62 bits per heavy atom. The molecule has 0 aliphatic carbocycles. The molecule has 0 saturated carbocycles. The van der Waals surface area contributed by atoms with E-state index < -0.39 is 0 Å². The smallest absolute Gasteiger partial charge is 0.254 e. The van der Waals surface area contributed by atoms with Gasteiger partial charge < -0.3 is 10.0 Å². The van der Waals surface area contributed by atoms with Crippen LogP contribution in [0.4, 0.5) is 0 Å². The minimum absolute atomic E-state index is 0.0971. The Balaban J connectivity index is 2.35. The lowest BCUT2D eigenvalue weighted by atomic mass is 9.94. The number of aliphatic hydroxyl groups is 1. The van der Waals surface area contributed by atoms with Crippen LogP contribution in [0.5, 0.6) is 0 Å². The van der Waals surface area contributed by atoms with Crippen molar-refractivity contribution in [3.8, 4) is 11.8 Å². The molecule has 0 aromatic heterocycles. The fourth-order valence-electron chi connectivity index (χ4n) is 3.10. The van der Waals surface area contributed by atoms with E-state index in [0.29, 0.717) is 0 Å². The number of rotatable bonds is 1. The van der Waals surface area contributed by atoms with E-state index in [2.05, 4.69) is 25.7 Å². The van der Waals surface area contributed by atoms with Gasteiger partial charge in [0.05, 0.1) is 0 Å². The lowest BCUT2D eigenvalue weighted by Crippen LogP contribution is -2.47. The van der Waals surface area contributed by atoms with Crippen molar-refractivity contribution in [3.05, 3.63) is 34.9 Å². The highest BCUT2D eigenvalue weighted by Gasteiger charge is 2.30. The Hall–Kier alpha value is -1.79. The van der Waals surface area contributed by atoms with Gasteiger partial charge in [0.15, 0.2) is 0 Å². The van der Waals surface area contributed by atoms with Gasteiger partial charge in [0.1, 0.15) is 6.61 Å². The number of benzene rings is 1. The second-order valence-electron chi connectivity index (χ2n) is 5.78. The molecule has 1 aromatic carbocycles. The number of hydrogen-bond acceptors (Lipinski definition) is 2. The first-order valence-corrected chi connectivity index (χ1v) is 7.58. The van der Waals surface area contributed by atoms with Crippen LogP contribution in [0, 0.1) is 18.8 Å². The van der Waals surface area contributed by atoms with Gasteiger partial charge in [-0.2, -0.15) is 0 Å². The van der Waals surface area contributed by atoms with Crippen LogP contribution in [0.1, 0.15) is 54.6 Å². The summed E-state index contributed by atoms with van der Waals surface area (Å²) in [5.41, 5.74) is 2.43. The summed E-state index contributed by atoms with van der Waals surface area (Å²) in [6, 6.07) is 6.19. The van der Waals surface area contributed by atoms with Gasteiger partial charge in [0, 0.05) is 23.2 Å². The van der Waals surface area contributed by atoms with Crippen LogP contribution >= 0.6 is 0 Å². The van der Waals surface area contributed by atoms with Crippen molar-refractivity contribution >= 4 is 5.91 Å². The summed E-state index contributed by atoms with van der Waals surface area (Å²) < 4.78 is 0. The van der Waals surface area contributed by atoms with E-state index in [9.17, 15) is 4.79 Å². The summed E-state index contributed by atoms with van der Waals surface area (Å²) in [4.78, 5) is 14.9. The quantitative estimate of drug-likeness (QED) is 0.806. The van der Waals surface area contributed by atoms with Crippen molar-refractivity contribution in [2.75, 3.05) is 6.61 Å². The molecule has 1 fully saturated rings. The minimum Gasteiger partial charge on any atom is -0.384 e. The van der Waals surface area contributed by atoms with Crippen LogP contribution in [-0.2, 0) is 0 Å².